The van der Waals surface area contributed by atoms with E-state index >= 15 is 0 Å². The molecule has 1 heterocycles. The molecular formula is C17H20ClN3O. The van der Waals surface area contributed by atoms with Gasteiger partial charge < -0.3 is 5.32 Å². The summed E-state index contributed by atoms with van der Waals surface area (Å²) in [5, 5.41) is 8.19. The van der Waals surface area contributed by atoms with Gasteiger partial charge in [-0.25, -0.2) is 0 Å². The van der Waals surface area contributed by atoms with Crippen LogP contribution < -0.4 is 5.32 Å². The number of rotatable bonds is 3. The Morgan fingerprint density at radius 2 is 2.00 bits per heavy atom. The third-order valence-corrected chi connectivity index (χ3v) is 4.53. The van der Waals surface area contributed by atoms with Gasteiger partial charge in [-0.1, -0.05) is 49.1 Å². The average Bonchev–Trinajstić information content (AvgIpc) is 2.90. The Morgan fingerprint density at radius 3 is 2.73 bits per heavy atom. The van der Waals surface area contributed by atoms with Gasteiger partial charge in [0.1, 0.15) is 5.69 Å². The first-order valence-corrected chi connectivity index (χ1v) is 8.13. The maximum absolute atomic E-state index is 12.5. The number of aryl methyl sites for hydroxylation is 1. The second-order valence-electron chi connectivity index (χ2n) is 5.83. The minimum absolute atomic E-state index is 0.0554. The lowest BCUT2D eigenvalue weighted by atomic mass is 9.95. The molecular weight excluding hydrogens is 298 g/mol. The molecule has 5 heteroatoms. The first-order valence-electron chi connectivity index (χ1n) is 7.75. The van der Waals surface area contributed by atoms with Crippen molar-refractivity contribution < 1.29 is 4.79 Å². The number of hydrogen-bond donors (Lipinski definition) is 1. The van der Waals surface area contributed by atoms with Crippen LogP contribution in [0.5, 0.6) is 0 Å². The van der Waals surface area contributed by atoms with E-state index in [1.165, 1.54) is 19.3 Å². The predicted octanol–water partition coefficient (Wildman–Crippen LogP) is 3.80. The van der Waals surface area contributed by atoms with Crippen LogP contribution in [0, 0.1) is 0 Å². The predicted molar refractivity (Wildman–Crippen MR) is 88.0 cm³/mol. The third-order valence-electron chi connectivity index (χ3n) is 4.20. The number of halogens is 1. The Bertz CT molecular complexity index is 674. The smallest absolute Gasteiger partial charge is 0.269 e. The van der Waals surface area contributed by atoms with E-state index in [9.17, 15) is 4.79 Å². The molecule has 4 nitrogen and oxygen atoms in total. The fourth-order valence-corrected chi connectivity index (χ4v) is 3.22. The highest BCUT2D eigenvalue weighted by Gasteiger charge is 2.20. The molecule has 1 aromatic carbocycles. The Morgan fingerprint density at radius 1 is 1.27 bits per heavy atom. The van der Waals surface area contributed by atoms with Crippen LogP contribution in [-0.2, 0) is 7.05 Å². The molecule has 0 aliphatic heterocycles. The van der Waals surface area contributed by atoms with Crippen LogP contribution in [0.25, 0.3) is 11.3 Å². The molecule has 0 spiro atoms. The van der Waals surface area contributed by atoms with Gasteiger partial charge in [-0.2, -0.15) is 5.10 Å². The van der Waals surface area contributed by atoms with Crippen molar-refractivity contribution in [3.05, 3.63) is 41.0 Å². The standard InChI is InChI=1S/C17H20ClN3O/c1-21-16(17(22)19-12-7-3-2-4-8-12)11-15(20-21)13-9-5-6-10-14(13)18/h5-6,9-12H,2-4,7-8H2,1H3,(H,19,22). The zero-order valence-corrected chi connectivity index (χ0v) is 13.4. The second-order valence-corrected chi connectivity index (χ2v) is 6.23. The second kappa shape index (κ2) is 6.53. The van der Waals surface area contributed by atoms with E-state index in [1.54, 1.807) is 17.8 Å². The Balaban J connectivity index is 1.80. The van der Waals surface area contributed by atoms with Crippen LogP contribution in [-0.4, -0.2) is 21.7 Å². The maximum atomic E-state index is 12.5. The number of carbonyl (C=O) groups excluding carboxylic acids is 1. The van der Waals surface area contributed by atoms with Gasteiger partial charge in [0.05, 0.1) is 10.7 Å². The van der Waals surface area contributed by atoms with E-state index < -0.39 is 0 Å². The topological polar surface area (TPSA) is 46.9 Å². The van der Waals surface area contributed by atoms with E-state index in [1.807, 2.05) is 24.3 Å². The van der Waals surface area contributed by atoms with E-state index in [4.69, 9.17) is 11.6 Å². The highest BCUT2D eigenvalue weighted by molar-refractivity contribution is 6.33. The van der Waals surface area contributed by atoms with Gasteiger partial charge in [0.25, 0.3) is 5.91 Å². The first-order chi connectivity index (χ1) is 10.6. The molecule has 0 unspecified atom stereocenters. The Kier molecular flexibility index (Phi) is 4.48. The quantitative estimate of drug-likeness (QED) is 0.936. The number of aromatic nitrogens is 2. The van der Waals surface area contributed by atoms with Crippen molar-refractivity contribution in [2.75, 3.05) is 0 Å². The molecule has 1 aliphatic carbocycles. The molecule has 1 saturated carbocycles. The molecule has 2 aromatic rings. The fourth-order valence-electron chi connectivity index (χ4n) is 2.99. The minimum atomic E-state index is -0.0554. The summed E-state index contributed by atoms with van der Waals surface area (Å²) >= 11 is 6.21. The van der Waals surface area contributed by atoms with Crippen molar-refractivity contribution in [2.24, 2.45) is 7.05 Å². The molecule has 116 valence electrons. The molecule has 0 bridgehead atoms. The average molecular weight is 318 g/mol. The lowest BCUT2D eigenvalue weighted by Gasteiger charge is -2.22. The van der Waals surface area contributed by atoms with Gasteiger partial charge in [-0.3, -0.25) is 9.48 Å². The third kappa shape index (κ3) is 3.17. The van der Waals surface area contributed by atoms with Crippen molar-refractivity contribution in [2.45, 2.75) is 38.1 Å². The molecule has 3 rings (SSSR count). The monoisotopic (exact) mass is 317 g/mol. The largest absolute Gasteiger partial charge is 0.348 e. The molecule has 1 N–H and O–H groups in total. The van der Waals surface area contributed by atoms with Crippen LogP contribution in [0.1, 0.15) is 42.6 Å². The highest BCUT2D eigenvalue weighted by atomic mass is 35.5. The SMILES string of the molecule is Cn1nc(-c2ccccc2Cl)cc1C(=O)NC1CCCCC1. The summed E-state index contributed by atoms with van der Waals surface area (Å²) in [7, 11) is 1.79. The van der Waals surface area contributed by atoms with Crippen molar-refractivity contribution in [1.82, 2.24) is 15.1 Å². The number of amides is 1. The van der Waals surface area contributed by atoms with E-state index in [-0.39, 0.29) is 5.91 Å². The number of nitrogens with zero attached hydrogens (tertiary/aromatic N) is 2. The van der Waals surface area contributed by atoms with Gasteiger partial charge in [-0.15, -0.1) is 0 Å². The molecule has 0 atom stereocenters. The van der Waals surface area contributed by atoms with Crippen molar-refractivity contribution in [3.63, 3.8) is 0 Å². The van der Waals surface area contributed by atoms with Crippen molar-refractivity contribution in [1.29, 1.82) is 0 Å². The Labute approximate surface area is 135 Å². The van der Waals surface area contributed by atoms with E-state index in [0.29, 0.717) is 16.8 Å². The number of nitrogens with one attached hydrogen (secondary N) is 1. The van der Waals surface area contributed by atoms with Crippen molar-refractivity contribution >= 4 is 17.5 Å². The van der Waals surface area contributed by atoms with Crippen molar-refractivity contribution in [3.8, 4) is 11.3 Å². The molecule has 0 saturated heterocycles. The summed E-state index contributed by atoms with van der Waals surface area (Å²) in [5.74, 6) is -0.0554. The lowest BCUT2D eigenvalue weighted by Crippen LogP contribution is -2.37. The molecule has 0 radical (unpaired) electrons. The normalized spacial score (nSPS) is 15.7. The molecule has 1 aliphatic rings. The van der Waals surface area contributed by atoms with Gasteiger partial charge in [0, 0.05) is 18.7 Å². The minimum Gasteiger partial charge on any atom is -0.348 e. The number of benzene rings is 1. The Hall–Kier alpha value is -1.81. The van der Waals surface area contributed by atoms with Crippen LogP contribution in [0.3, 0.4) is 0 Å². The summed E-state index contributed by atoms with van der Waals surface area (Å²) in [4.78, 5) is 12.5. The molecule has 1 amide bonds. The van der Waals surface area contributed by atoms with Crippen LogP contribution in [0.15, 0.2) is 30.3 Å². The van der Waals surface area contributed by atoms with Gasteiger partial charge >= 0.3 is 0 Å². The van der Waals surface area contributed by atoms with Gasteiger partial charge in [-0.05, 0) is 25.0 Å². The molecule has 1 aromatic heterocycles. The van der Waals surface area contributed by atoms with Gasteiger partial charge in [0.15, 0.2) is 0 Å². The first kappa shape index (κ1) is 15.1. The number of hydrogen-bond acceptors (Lipinski definition) is 2. The highest BCUT2D eigenvalue weighted by Crippen LogP contribution is 2.27. The van der Waals surface area contributed by atoms with Crippen LogP contribution in [0.4, 0.5) is 0 Å². The molecule has 22 heavy (non-hydrogen) atoms. The summed E-state index contributed by atoms with van der Waals surface area (Å²) in [6.07, 6.45) is 5.80. The summed E-state index contributed by atoms with van der Waals surface area (Å²) < 4.78 is 1.62. The van der Waals surface area contributed by atoms with E-state index in [2.05, 4.69) is 10.4 Å². The molecule has 1 fully saturated rings. The lowest BCUT2D eigenvalue weighted by molar-refractivity contribution is 0.0918. The van der Waals surface area contributed by atoms with Gasteiger partial charge in [0.2, 0.25) is 0 Å². The number of carbonyl (C=O) groups is 1. The van der Waals surface area contributed by atoms with Crippen LogP contribution in [0.2, 0.25) is 5.02 Å². The zero-order chi connectivity index (χ0) is 15.5. The van der Waals surface area contributed by atoms with Crippen LogP contribution >= 0.6 is 11.6 Å². The summed E-state index contributed by atoms with van der Waals surface area (Å²) in [6, 6.07) is 9.63. The zero-order valence-electron chi connectivity index (χ0n) is 12.7. The summed E-state index contributed by atoms with van der Waals surface area (Å²) in [5.41, 5.74) is 2.14. The maximum Gasteiger partial charge on any atom is 0.269 e. The van der Waals surface area contributed by atoms with E-state index in [0.717, 1.165) is 24.1 Å². The fraction of sp³-hybridized carbons (Fsp3) is 0.412. The summed E-state index contributed by atoms with van der Waals surface area (Å²) in [6.45, 7) is 0.